The van der Waals surface area contributed by atoms with Crippen LogP contribution in [0, 0.1) is 0 Å². The van der Waals surface area contributed by atoms with Gasteiger partial charge in [0.25, 0.3) is 0 Å². The molecule has 4 nitrogen and oxygen atoms in total. The van der Waals surface area contributed by atoms with E-state index in [0.29, 0.717) is 11.5 Å². The Morgan fingerprint density at radius 2 is 1.33 bits per heavy atom. The molecule has 3 aromatic carbocycles. The lowest BCUT2D eigenvalue weighted by Gasteiger charge is -2.20. The fourth-order valence-electron chi connectivity index (χ4n) is 2.88. The molecule has 0 aliphatic rings. The molecule has 0 saturated heterocycles. The number of nitrogens with zero attached hydrogens (tertiary/aromatic N) is 2. The second-order valence-electron chi connectivity index (χ2n) is 6.12. The zero-order chi connectivity index (χ0) is 18.9. The Kier molecular flexibility index (Phi) is 6.47. The van der Waals surface area contributed by atoms with Crippen LogP contribution in [0.4, 0.5) is 0 Å². The monoisotopic (exact) mass is 360 g/mol. The van der Waals surface area contributed by atoms with E-state index in [0.717, 1.165) is 18.7 Å². The lowest BCUT2D eigenvalue weighted by molar-refractivity contribution is 0.272. The van der Waals surface area contributed by atoms with Gasteiger partial charge in [-0.15, -0.1) is 0 Å². The molecule has 138 valence electrons. The largest absolute Gasteiger partial charge is 0.493 e. The van der Waals surface area contributed by atoms with Crippen LogP contribution in [0.5, 0.6) is 11.5 Å². The first-order valence-electron chi connectivity index (χ1n) is 8.88. The molecule has 0 aromatic heterocycles. The molecular formula is C23H24N2O2. The van der Waals surface area contributed by atoms with Gasteiger partial charge in [-0.05, 0) is 23.3 Å². The SMILES string of the molecule is COc1cccc(/C=N\N(Cc2ccccc2)Cc2ccccc2)c1OC. The summed E-state index contributed by atoms with van der Waals surface area (Å²) in [6.07, 6.45) is 1.83. The zero-order valence-electron chi connectivity index (χ0n) is 15.7. The van der Waals surface area contributed by atoms with Crippen LogP contribution >= 0.6 is 0 Å². The van der Waals surface area contributed by atoms with E-state index in [9.17, 15) is 0 Å². The third-order valence-corrected chi connectivity index (χ3v) is 4.21. The molecule has 0 spiro atoms. The minimum Gasteiger partial charge on any atom is -0.493 e. The highest BCUT2D eigenvalue weighted by Crippen LogP contribution is 2.29. The van der Waals surface area contributed by atoms with Crippen LogP contribution in [0.3, 0.4) is 0 Å². The van der Waals surface area contributed by atoms with Gasteiger partial charge in [-0.3, -0.25) is 5.01 Å². The average Bonchev–Trinajstić information content (AvgIpc) is 2.73. The Balaban J connectivity index is 1.85. The van der Waals surface area contributed by atoms with Gasteiger partial charge < -0.3 is 9.47 Å². The van der Waals surface area contributed by atoms with Crippen molar-refractivity contribution in [2.45, 2.75) is 13.1 Å². The highest BCUT2D eigenvalue weighted by Gasteiger charge is 2.09. The van der Waals surface area contributed by atoms with Gasteiger partial charge in [-0.25, -0.2) is 0 Å². The lowest BCUT2D eigenvalue weighted by atomic mass is 10.2. The van der Waals surface area contributed by atoms with Crippen molar-refractivity contribution >= 4 is 6.21 Å². The Bertz CT molecular complexity index is 823. The number of para-hydroxylation sites is 1. The molecule has 0 fully saturated rings. The molecule has 0 heterocycles. The maximum atomic E-state index is 5.50. The number of hydrazone groups is 1. The summed E-state index contributed by atoms with van der Waals surface area (Å²) < 4.78 is 10.9. The van der Waals surface area contributed by atoms with E-state index in [4.69, 9.17) is 14.6 Å². The van der Waals surface area contributed by atoms with Crippen molar-refractivity contribution in [3.05, 3.63) is 95.6 Å². The average molecular weight is 360 g/mol. The minimum atomic E-state index is 0.683. The van der Waals surface area contributed by atoms with Crippen molar-refractivity contribution < 1.29 is 9.47 Å². The Hall–Kier alpha value is -3.27. The fraction of sp³-hybridized carbons (Fsp3) is 0.174. The van der Waals surface area contributed by atoms with Crippen LogP contribution in [0.1, 0.15) is 16.7 Å². The van der Waals surface area contributed by atoms with Gasteiger partial charge in [-0.2, -0.15) is 5.10 Å². The van der Waals surface area contributed by atoms with Gasteiger partial charge in [0.15, 0.2) is 11.5 Å². The second kappa shape index (κ2) is 9.43. The number of ether oxygens (including phenoxy) is 2. The molecule has 27 heavy (non-hydrogen) atoms. The summed E-state index contributed by atoms with van der Waals surface area (Å²) >= 11 is 0. The van der Waals surface area contributed by atoms with E-state index in [1.54, 1.807) is 14.2 Å². The molecule has 0 aliphatic heterocycles. The molecule has 0 unspecified atom stereocenters. The van der Waals surface area contributed by atoms with Gasteiger partial charge in [0.1, 0.15) is 0 Å². The van der Waals surface area contributed by atoms with Crippen molar-refractivity contribution in [1.82, 2.24) is 5.01 Å². The van der Waals surface area contributed by atoms with E-state index >= 15 is 0 Å². The number of rotatable bonds is 8. The summed E-state index contributed by atoms with van der Waals surface area (Å²) in [5.74, 6) is 1.38. The Morgan fingerprint density at radius 1 is 0.741 bits per heavy atom. The van der Waals surface area contributed by atoms with Gasteiger partial charge in [0.05, 0.1) is 33.5 Å². The molecule has 3 aromatic rings. The molecule has 0 atom stereocenters. The quantitative estimate of drug-likeness (QED) is 0.430. The molecule has 0 N–H and O–H groups in total. The molecule has 0 bridgehead atoms. The Morgan fingerprint density at radius 3 is 1.85 bits per heavy atom. The molecule has 0 radical (unpaired) electrons. The standard InChI is InChI=1S/C23H24N2O2/c1-26-22-15-9-14-21(23(22)27-2)16-24-25(17-19-10-5-3-6-11-19)18-20-12-7-4-8-13-20/h3-16H,17-18H2,1-2H3/b24-16-. The number of benzene rings is 3. The van der Waals surface area contributed by atoms with Crippen molar-refractivity contribution in [3.8, 4) is 11.5 Å². The predicted octanol–water partition coefficient (Wildman–Crippen LogP) is 4.74. The maximum absolute atomic E-state index is 5.50. The summed E-state index contributed by atoms with van der Waals surface area (Å²) in [5.41, 5.74) is 3.30. The fourth-order valence-corrected chi connectivity index (χ4v) is 2.88. The highest BCUT2D eigenvalue weighted by molar-refractivity contribution is 5.84. The zero-order valence-corrected chi connectivity index (χ0v) is 15.7. The van der Waals surface area contributed by atoms with Gasteiger partial charge in [0.2, 0.25) is 0 Å². The van der Waals surface area contributed by atoms with E-state index in [2.05, 4.69) is 24.3 Å². The van der Waals surface area contributed by atoms with E-state index in [1.165, 1.54) is 11.1 Å². The summed E-state index contributed by atoms with van der Waals surface area (Å²) in [6, 6.07) is 26.5. The number of methoxy groups -OCH3 is 2. The second-order valence-corrected chi connectivity index (χ2v) is 6.12. The molecule has 0 aliphatic carbocycles. The van der Waals surface area contributed by atoms with Crippen LogP contribution in [0.2, 0.25) is 0 Å². The summed E-state index contributed by atoms with van der Waals surface area (Å²) in [5, 5.41) is 6.79. The van der Waals surface area contributed by atoms with Gasteiger partial charge in [-0.1, -0.05) is 66.7 Å². The van der Waals surface area contributed by atoms with Crippen LogP contribution < -0.4 is 9.47 Å². The topological polar surface area (TPSA) is 34.1 Å². The minimum absolute atomic E-state index is 0.683. The van der Waals surface area contributed by atoms with Crippen LogP contribution in [-0.4, -0.2) is 25.4 Å². The normalized spacial score (nSPS) is 10.7. The molecule has 0 amide bonds. The molecule has 0 saturated carbocycles. The van der Waals surface area contributed by atoms with Gasteiger partial charge >= 0.3 is 0 Å². The van der Waals surface area contributed by atoms with E-state index in [-0.39, 0.29) is 0 Å². The van der Waals surface area contributed by atoms with Crippen LogP contribution in [0.25, 0.3) is 0 Å². The lowest BCUT2D eigenvalue weighted by Crippen LogP contribution is -2.17. The predicted molar refractivity (Wildman–Crippen MR) is 109 cm³/mol. The number of hydrogen-bond donors (Lipinski definition) is 0. The third-order valence-electron chi connectivity index (χ3n) is 4.21. The van der Waals surface area contributed by atoms with Crippen LogP contribution in [0.15, 0.2) is 84.0 Å². The summed E-state index contributed by atoms with van der Waals surface area (Å²) in [6.45, 7) is 1.44. The van der Waals surface area contributed by atoms with E-state index in [1.807, 2.05) is 65.8 Å². The van der Waals surface area contributed by atoms with Crippen LogP contribution in [-0.2, 0) is 13.1 Å². The summed E-state index contributed by atoms with van der Waals surface area (Å²) in [7, 11) is 3.27. The Labute approximate surface area is 160 Å². The molecule has 4 heteroatoms. The van der Waals surface area contributed by atoms with E-state index < -0.39 is 0 Å². The molecular weight excluding hydrogens is 336 g/mol. The highest BCUT2D eigenvalue weighted by atomic mass is 16.5. The van der Waals surface area contributed by atoms with Crippen molar-refractivity contribution in [2.75, 3.05) is 14.2 Å². The maximum Gasteiger partial charge on any atom is 0.169 e. The molecule has 3 rings (SSSR count). The third kappa shape index (κ3) is 5.11. The van der Waals surface area contributed by atoms with Crippen molar-refractivity contribution in [2.24, 2.45) is 5.10 Å². The first-order valence-corrected chi connectivity index (χ1v) is 8.88. The smallest absolute Gasteiger partial charge is 0.169 e. The van der Waals surface area contributed by atoms with Gasteiger partial charge in [0, 0.05) is 5.56 Å². The van der Waals surface area contributed by atoms with Crippen molar-refractivity contribution in [1.29, 1.82) is 0 Å². The first kappa shape index (κ1) is 18.5. The van der Waals surface area contributed by atoms with Crippen molar-refractivity contribution in [3.63, 3.8) is 0 Å². The first-order chi connectivity index (χ1) is 13.3. The summed E-state index contributed by atoms with van der Waals surface area (Å²) in [4.78, 5) is 0. The number of hydrogen-bond acceptors (Lipinski definition) is 4.